The molecule has 1 saturated heterocycles. The van der Waals surface area contributed by atoms with Crippen LogP contribution in [0.1, 0.15) is 20.3 Å². The van der Waals surface area contributed by atoms with Crippen molar-refractivity contribution in [2.75, 3.05) is 32.6 Å². The molecule has 1 aromatic rings. The highest BCUT2D eigenvalue weighted by Crippen LogP contribution is 2.36. The van der Waals surface area contributed by atoms with Gasteiger partial charge in [0.05, 0.1) is 30.8 Å². The fourth-order valence-electron chi connectivity index (χ4n) is 2.76. The third kappa shape index (κ3) is 4.12. The summed E-state index contributed by atoms with van der Waals surface area (Å²) < 4.78 is 10.4. The molecule has 1 unspecified atom stereocenters. The van der Waals surface area contributed by atoms with Crippen LogP contribution in [-0.2, 0) is 9.59 Å². The molecule has 6 nitrogen and oxygen atoms in total. The van der Waals surface area contributed by atoms with Crippen LogP contribution < -0.4 is 14.8 Å². The second-order valence-electron chi connectivity index (χ2n) is 6.27. The lowest BCUT2D eigenvalue weighted by molar-refractivity contribution is -0.128. The molecule has 1 atom stereocenters. The summed E-state index contributed by atoms with van der Waals surface area (Å²) in [5.41, 5.74) is 0.471. The van der Waals surface area contributed by atoms with Gasteiger partial charge in [-0.05, 0) is 5.92 Å². The fourth-order valence-corrected chi connectivity index (χ4v) is 2.99. The summed E-state index contributed by atoms with van der Waals surface area (Å²) in [4.78, 5) is 26.3. The van der Waals surface area contributed by atoms with Crippen molar-refractivity contribution in [1.29, 1.82) is 0 Å². The first-order chi connectivity index (χ1) is 11.3. The molecule has 132 valence electrons. The fraction of sp³-hybridized carbons (Fsp3) is 0.529. The Hall–Kier alpha value is -1.95. The minimum atomic E-state index is -0.373. The molecule has 0 aromatic heterocycles. The Morgan fingerprint density at radius 1 is 1.33 bits per heavy atom. The predicted octanol–water partition coefficient (Wildman–Crippen LogP) is 2.80. The molecule has 7 heteroatoms. The number of hydrogen-bond donors (Lipinski definition) is 1. The molecular formula is C17H23ClN2O4. The zero-order chi connectivity index (χ0) is 17.9. The maximum absolute atomic E-state index is 12.5. The number of carbonyl (C=O) groups excluding carboxylic acids is 2. The molecule has 2 amide bonds. The molecule has 24 heavy (non-hydrogen) atoms. The number of benzene rings is 1. The number of hydrogen-bond acceptors (Lipinski definition) is 4. The Bertz CT molecular complexity index is 633. The second kappa shape index (κ2) is 7.75. The zero-order valence-electron chi connectivity index (χ0n) is 14.4. The lowest BCUT2D eigenvalue weighted by Crippen LogP contribution is -2.31. The van der Waals surface area contributed by atoms with E-state index in [9.17, 15) is 9.59 Å². The van der Waals surface area contributed by atoms with Gasteiger partial charge in [-0.25, -0.2) is 0 Å². The highest BCUT2D eigenvalue weighted by molar-refractivity contribution is 6.32. The van der Waals surface area contributed by atoms with Crippen molar-refractivity contribution in [2.24, 2.45) is 11.8 Å². The average Bonchev–Trinajstić information content (AvgIpc) is 2.89. The SMILES string of the molecule is COc1cc(NC(=O)C2CC(=O)N(CC(C)C)C2)c(OC)cc1Cl. The number of amides is 2. The Balaban J connectivity index is 2.11. The van der Waals surface area contributed by atoms with Crippen molar-refractivity contribution in [3.05, 3.63) is 17.2 Å². The van der Waals surface area contributed by atoms with Gasteiger partial charge in [0, 0.05) is 31.6 Å². The van der Waals surface area contributed by atoms with Crippen molar-refractivity contribution in [3.63, 3.8) is 0 Å². The monoisotopic (exact) mass is 354 g/mol. The normalized spacial score (nSPS) is 17.3. The first-order valence-corrected chi connectivity index (χ1v) is 8.23. The van der Waals surface area contributed by atoms with E-state index in [0.29, 0.717) is 41.2 Å². The first kappa shape index (κ1) is 18.4. The van der Waals surface area contributed by atoms with E-state index in [2.05, 4.69) is 5.32 Å². The zero-order valence-corrected chi connectivity index (χ0v) is 15.1. The van der Waals surface area contributed by atoms with Crippen LogP contribution in [-0.4, -0.2) is 44.0 Å². The smallest absolute Gasteiger partial charge is 0.229 e. The minimum absolute atomic E-state index is 0.0181. The number of rotatable bonds is 6. The summed E-state index contributed by atoms with van der Waals surface area (Å²) in [6.07, 6.45) is 0.228. The Labute approximate surface area is 147 Å². The van der Waals surface area contributed by atoms with Crippen molar-refractivity contribution in [1.82, 2.24) is 4.90 Å². The van der Waals surface area contributed by atoms with Gasteiger partial charge in [0.15, 0.2) is 0 Å². The van der Waals surface area contributed by atoms with Gasteiger partial charge in [-0.15, -0.1) is 0 Å². The highest BCUT2D eigenvalue weighted by atomic mass is 35.5. The molecule has 0 saturated carbocycles. The average molecular weight is 355 g/mol. The lowest BCUT2D eigenvalue weighted by Gasteiger charge is -2.19. The van der Waals surface area contributed by atoms with Gasteiger partial charge in [-0.2, -0.15) is 0 Å². The Kier molecular flexibility index (Phi) is 5.94. The van der Waals surface area contributed by atoms with Crippen LogP contribution in [0.2, 0.25) is 5.02 Å². The van der Waals surface area contributed by atoms with Crippen LogP contribution in [0.3, 0.4) is 0 Å². The largest absolute Gasteiger partial charge is 0.495 e. The third-order valence-corrected chi connectivity index (χ3v) is 4.20. The number of halogens is 1. The van der Waals surface area contributed by atoms with E-state index in [1.165, 1.54) is 14.2 Å². The van der Waals surface area contributed by atoms with Crippen molar-refractivity contribution >= 4 is 29.1 Å². The Morgan fingerprint density at radius 3 is 2.58 bits per heavy atom. The van der Waals surface area contributed by atoms with E-state index < -0.39 is 0 Å². The third-order valence-electron chi connectivity index (χ3n) is 3.90. The standard InChI is InChI=1S/C17H23ClN2O4/c1-10(2)8-20-9-11(5-16(20)21)17(22)19-13-7-14(23-3)12(18)6-15(13)24-4/h6-7,10-11H,5,8-9H2,1-4H3,(H,19,22). The van der Waals surface area contributed by atoms with Crippen molar-refractivity contribution in [2.45, 2.75) is 20.3 Å². The van der Waals surface area contributed by atoms with E-state index in [-0.39, 0.29) is 24.2 Å². The minimum Gasteiger partial charge on any atom is -0.495 e. The molecule has 1 aliphatic heterocycles. The molecule has 0 aliphatic carbocycles. The lowest BCUT2D eigenvalue weighted by atomic mass is 10.1. The molecule has 1 heterocycles. The summed E-state index contributed by atoms with van der Waals surface area (Å²) >= 11 is 6.06. The topological polar surface area (TPSA) is 67.9 Å². The summed E-state index contributed by atoms with van der Waals surface area (Å²) in [5, 5.41) is 3.21. The summed E-state index contributed by atoms with van der Waals surface area (Å²) in [6, 6.07) is 3.20. The highest BCUT2D eigenvalue weighted by Gasteiger charge is 2.34. The van der Waals surface area contributed by atoms with Gasteiger partial charge in [-0.1, -0.05) is 25.4 Å². The van der Waals surface area contributed by atoms with Gasteiger partial charge in [0.2, 0.25) is 11.8 Å². The number of nitrogens with zero attached hydrogens (tertiary/aromatic N) is 1. The van der Waals surface area contributed by atoms with E-state index in [1.807, 2.05) is 13.8 Å². The quantitative estimate of drug-likeness (QED) is 0.853. The molecular weight excluding hydrogens is 332 g/mol. The second-order valence-corrected chi connectivity index (χ2v) is 6.68. The Morgan fingerprint density at radius 2 is 2.00 bits per heavy atom. The maximum atomic E-state index is 12.5. The van der Waals surface area contributed by atoms with E-state index >= 15 is 0 Å². The van der Waals surface area contributed by atoms with E-state index in [0.717, 1.165) is 0 Å². The van der Waals surface area contributed by atoms with Crippen LogP contribution in [0, 0.1) is 11.8 Å². The van der Waals surface area contributed by atoms with Crippen LogP contribution >= 0.6 is 11.6 Å². The molecule has 0 spiro atoms. The van der Waals surface area contributed by atoms with Crippen LogP contribution in [0.15, 0.2) is 12.1 Å². The molecule has 1 aliphatic rings. The number of ether oxygens (including phenoxy) is 2. The number of methoxy groups -OCH3 is 2. The van der Waals surface area contributed by atoms with Crippen LogP contribution in [0.5, 0.6) is 11.5 Å². The van der Waals surface area contributed by atoms with Gasteiger partial charge in [0.1, 0.15) is 11.5 Å². The van der Waals surface area contributed by atoms with Crippen LogP contribution in [0.25, 0.3) is 0 Å². The predicted molar refractivity (Wildman–Crippen MR) is 92.7 cm³/mol. The molecule has 1 fully saturated rings. The number of anilines is 1. The maximum Gasteiger partial charge on any atom is 0.229 e. The van der Waals surface area contributed by atoms with Gasteiger partial charge < -0.3 is 19.7 Å². The number of carbonyl (C=O) groups is 2. The van der Waals surface area contributed by atoms with E-state index in [1.54, 1.807) is 17.0 Å². The van der Waals surface area contributed by atoms with Crippen molar-refractivity contribution < 1.29 is 19.1 Å². The molecule has 0 bridgehead atoms. The number of likely N-dealkylation sites (tertiary alicyclic amines) is 1. The molecule has 2 rings (SSSR count). The molecule has 1 N–H and O–H groups in total. The summed E-state index contributed by atoms with van der Waals surface area (Å²) in [5.74, 6) is 0.690. The van der Waals surface area contributed by atoms with Gasteiger partial charge in [0.25, 0.3) is 0 Å². The summed E-state index contributed by atoms with van der Waals surface area (Å²) in [6.45, 7) is 5.20. The van der Waals surface area contributed by atoms with Gasteiger partial charge in [-0.3, -0.25) is 9.59 Å². The number of nitrogens with one attached hydrogen (secondary N) is 1. The van der Waals surface area contributed by atoms with Gasteiger partial charge >= 0.3 is 0 Å². The van der Waals surface area contributed by atoms with E-state index in [4.69, 9.17) is 21.1 Å². The molecule has 1 aromatic carbocycles. The van der Waals surface area contributed by atoms with Crippen LogP contribution in [0.4, 0.5) is 5.69 Å². The summed E-state index contributed by atoms with van der Waals surface area (Å²) in [7, 11) is 3.00. The first-order valence-electron chi connectivity index (χ1n) is 7.85. The molecule has 0 radical (unpaired) electrons. The van der Waals surface area contributed by atoms with Crippen molar-refractivity contribution in [3.8, 4) is 11.5 Å².